The fourth-order valence-electron chi connectivity index (χ4n) is 2.00. The van der Waals surface area contributed by atoms with E-state index in [-0.39, 0.29) is 0 Å². The average Bonchev–Trinajstić information content (AvgIpc) is 2.63. The zero-order valence-corrected chi connectivity index (χ0v) is 9.69. The van der Waals surface area contributed by atoms with E-state index in [1.165, 1.54) is 0 Å². The van der Waals surface area contributed by atoms with Crippen LogP contribution in [0.4, 0.5) is 4.79 Å². The number of fused-ring (bicyclic) bond motifs is 1. The molecule has 18 heavy (non-hydrogen) atoms. The first-order chi connectivity index (χ1) is 8.59. The first-order valence-corrected chi connectivity index (χ1v) is 5.54. The van der Waals surface area contributed by atoms with Crippen LogP contribution in [0.3, 0.4) is 0 Å². The van der Waals surface area contributed by atoms with Gasteiger partial charge in [0.1, 0.15) is 13.2 Å². The van der Waals surface area contributed by atoms with Crippen LogP contribution in [0.2, 0.25) is 0 Å². The van der Waals surface area contributed by atoms with Crippen LogP contribution in [0, 0.1) is 0 Å². The van der Waals surface area contributed by atoms with Gasteiger partial charge in [0.25, 0.3) is 5.91 Å². The van der Waals surface area contributed by atoms with E-state index < -0.39 is 17.6 Å². The lowest BCUT2D eigenvalue weighted by Crippen LogP contribution is -2.33. The number of nitrogens with one attached hydrogen (secondary N) is 1. The zero-order chi connectivity index (χ0) is 12.8. The molecule has 2 amide bonds. The van der Waals surface area contributed by atoms with Gasteiger partial charge in [-0.2, -0.15) is 0 Å². The van der Waals surface area contributed by atoms with Crippen molar-refractivity contribution < 1.29 is 23.8 Å². The van der Waals surface area contributed by atoms with Crippen molar-refractivity contribution in [2.75, 3.05) is 13.2 Å². The van der Waals surface area contributed by atoms with Gasteiger partial charge in [-0.1, -0.05) is 6.07 Å². The summed E-state index contributed by atoms with van der Waals surface area (Å²) >= 11 is 0. The minimum Gasteiger partial charge on any atom is -0.486 e. The Morgan fingerprint density at radius 2 is 1.89 bits per heavy atom. The molecule has 1 atom stereocenters. The number of carbonyl (C=O) groups excluding carboxylic acids is 2. The molecule has 1 fully saturated rings. The molecule has 1 aromatic rings. The second kappa shape index (κ2) is 3.63. The van der Waals surface area contributed by atoms with Crippen LogP contribution >= 0.6 is 0 Å². The SMILES string of the molecule is CC1(c2ccc3c(c2)OCCO3)OC(=O)NC1=O. The number of alkyl carbamates (subject to hydrolysis) is 1. The predicted octanol–water partition coefficient (Wildman–Crippen LogP) is 0.939. The highest BCUT2D eigenvalue weighted by Gasteiger charge is 2.46. The van der Waals surface area contributed by atoms with Crippen LogP contribution in [0.5, 0.6) is 11.5 Å². The average molecular weight is 249 g/mol. The fourth-order valence-corrected chi connectivity index (χ4v) is 2.00. The topological polar surface area (TPSA) is 73.9 Å². The molecule has 1 aromatic carbocycles. The fraction of sp³-hybridized carbons (Fsp3) is 0.333. The van der Waals surface area contributed by atoms with Gasteiger partial charge in [-0.05, 0) is 19.1 Å². The van der Waals surface area contributed by atoms with Crippen molar-refractivity contribution in [1.29, 1.82) is 0 Å². The molecule has 6 heteroatoms. The molecule has 0 spiro atoms. The van der Waals surface area contributed by atoms with Gasteiger partial charge in [-0.25, -0.2) is 4.79 Å². The molecule has 0 saturated carbocycles. The standard InChI is InChI=1S/C12H11NO5/c1-12(10(14)13-11(15)18-12)7-2-3-8-9(6-7)17-5-4-16-8/h2-3,6H,4-5H2,1H3,(H,13,14,15). The number of cyclic esters (lactones) is 1. The van der Waals surface area contributed by atoms with E-state index in [1.54, 1.807) is 25.1 Å². The van der Waals surface area contributed by atoms with Crippen molar-refractivity contribution in [1.82, 2.24) is 5.32 Å². The molecule has 0 bridgehead atoms. The summed E-state index contributed by atoms with van der Waals surface area (Å²) in [5.41, 5.74) is -0.762. The summed E-state index contributed by atoms with van der Waals surface area (Å²) in [5, 5.41) is 2.11. The quantitative estimate of drug-likeness (QED) is 0.801. The van der Waals surface area contributed by atoms with Gasteiger partial charge in [0.2, 0.25) is 5.60 Å². The van der Waals surface area contributed by atoms with Crippen molar-refractivity contribution in [3.8, 4) is 11.5 Å². The van der Waals surface area contributed by atoms with Crippen LogP contribution in [0.25, 0.3) is 0 Å². The highest BCUT2D eigenvalue weighted by atomic mass is 16.6. The van der Waals surface area contributed by atoms with Crippen molar-refractivity contribution in [2.24, 2.45) is 0 Å². The molecule has 0 radical (unpaired) electrons. The maximum Gasteiger partial charge on any atom is 0.415 e. The summed E-state index contributed by atoms with van der Waals surface area (Å²) in [6.45, 7) is 2.50. The lowest BCUT2D eigenvalue weighted by molar-refractivity contribution is -0.130. The van der Waals surface area contributed by atoms with Crippen molar-refractivity contribution in [3.63, 3.8) is 0 Å². The van der Waals surface area contributed by atoms with E-state index in [4.69, 9.17) is 14.2 Å². The third-order valence-corrected chi connectivity index (χ3v) is 3.04. The summed E-state index contributed by atoms with van der Waals surface area (Å²) in [5.74, 6) is 0.693. The number of benzene rings is 1. The molecule has 2 heterocycles. The monoisotopic (exact) mass is 249 g/mol. The third-order valence-electron chi connectivity index (χ3n) is 3.04. The smallest absolute Gasteiger partial charge is 0.415 e. The maximum atomic E-state index is 11.7. The van der Waals surface area contributed by atoms with Crippen molar-refractivity contribution in [2.45, 2.75) is 12.5 Å². The number of ether oxygens (including phenoxy) is 3. The Bertz CT molecular complexity index is 541. The van der Waals surface area contributed by atoms with Gasteiger partial charge in [-0.15, -0.1) is 0 Å². The lowest BCUT2D eigenvalue weighted by atomic mass is 9.95. The zero-order valence-electron chi connectivity index (χ0n) is 9.69. The second-order valence-electron chi connectivity index (χ2n) is 4.24. The number of hydrogen-bond donors (Lipinski definition) is 1. The predicted molar refractivity (Wildman–Crippen MR) is 59.4 cm³/mol. The molecule has 0 aliphatic carbocycles. The molecular formula is C12H11NO5. The summed E-state index contributed by atoms with van der Waals surface area (Å²) in [7, 11) is 0. The van der Waals surface area contributed by atoms with E-state index in [9.17, 15) is 9.59 Å². The first-order valence-electron chi connectivity index (χ1n) is 5.54. The Morgan fingerprint density at radius 1 is 1.17 bits per heavy atom. The molecule has 6 nitrogen and oxygen atoms in total. The largest absolute Gasteiger partial charge is 0.486 e. The van der Waals surface area contributed by atoms with Gasteiger partial charge in [-0.3, -0.25) is 10.1 Å². The number of hydrogen-bond acceptors (Lipinski definition) is 5. The minimum absolute atomic E-state index is 0.457. The van der Waals surface area contributed by atoms with Gasteiger partial charge in [0.05, 0.1) is 0 Å². The molecule has 2 aliphatic rings. The van der Waals surface area contributed by atoms with Gasteiger partial charge < -0.3 is 14.2 Å². The van der Waals surface area contributed by atoms with Crippen molar-refractivity contribution >= 4 is 12.0 Å². The summed E-state index contributed by atoms with van der Waals surface area (Å²) in [6.07, 6.45) is -0.739. The van der Waals surface area contributed by atoms with Gasteiger partial charge >= 0.3 is 6.09 Å². The number of carbonyl (C=O) groups is 2. The molecule has 1 saturated heterocycles. The molecule has 3 rings (SSSR count). The lowest BCUT2D eigenvalue weighted by Gasteiger charge is -2.23. The molecule has 1 unspecified atom stereocenters. The van der Waals surface area contributed by atoms with Crippen LogP contribution in [-0.2, 0) is 15.1 Å². The summed E-state index contributed by atoms with van der Waals surface area (Å²) < 4.78 is 15.9. The van der Waals surface area contributed by atoms with Gasteiger partial charge in [0.15, 0.2) is 11.5 Å². The van der Waals surface area contributed by atoms with Crippen LogP contribution in [0.15, 0.2) is 18.2 Å². The Balaban J connectivity index is 2.02. The molecule has 0 aromatic heterocycles. The molecule has 2 aliphatic heterocycles. The van der Waals surface area contributed by atoms with E-state index >= 15 is 0 Å². The third kappa shape index (κ3) is 1.49. The Morgan fingerprint density at radius 3 is 2.56 bits per heavy atom. The van der Waals surface area contributed by atoms with Crippen LogP contribution in [0.1, 0.15) is 12.5 Å². The maximum absolute atomic E-state index is 11.7. The second-order valence-corrected chi connectivity index (χ2v) is 4.24. The molecule has 94 valence electrons. The Kier molecular flexibility index (Phi) is 2.19. The first kappa shape index (κ1) is 10.9. The number of imide groups is 1. The number of amides is 2. The minimum atomic E-state index is -1.31. The molecular weight excluding hydrogens is 238 g/mol. The van der Waals surface area contributed by atoms with E-state index in [0.29, 0.717) is 30.3 Å². The van der Waals surface area contributed by atoms with Crippen LogP contribution in [-0.4, -0.2) is 25.2 Å². The molecule has 1 N–H and O–H groups in total. The van der Waals surface area contributed by atoms with Crippen LogP contribution < -0.4 is 14.8 Å². The Hall–Kier alpha value is -2.24. The van der Waals surface area contributed by atoms with Gasteiger partial charge in [0, 0.05) is 5.56 Å². The summed E-state index contributed by atoms with van der Waals surface area (Å²) in [6, 6.07) is 5.05. The van der Waals surface area contributed by atoms with Crippen molar-refractivity contribution in [3.05, 3.63) is 23.8 Å². The highest BCUT2D eigenvalue weighted by molar-refractivity contribution is 6.03. The van der Waals surface area contributed by atoms with E-state index in [0.717, 1.165) is 0 Å². The Labute approximate surface area is 103 Å². The van der Waals surface area contributed by atoms with E-state index in [2.05, 4.69) is 5.32 Å². The highest BCUT2D eigenvalue weighted by Crippen LogP contribution is 2.37. The van der Waals surface area contributed by atoms with E-state index in [1.807, 2.05) is 0 Å². The number of rotatable bonds is 1. The summed E-state index contributed by atoms with van der Waals surface area (Å²) in [4.78, 5) is 22.9. The normalized spacial score (nSPS) is 25.6.